The highest BCUT2D eigenvalue weighted by atomic mass is 32.2. The first kappa shape index (κ1) is 20.7. The van der Waals surface area contributed by atoms with E-state index in [1.54, 1.807) is 34.1 Å². The number of carbonyl (C=O) groups is 3. The topological polar surface area (TPSA) is 97.6 Å². The Kier molecular flexibility index (Phi) is 4.78. The molecule has 3 aliphatic heterocycles. The van der Waals surface area contributed by atoms with Crippen LogP contribution in [0.4, 0.5) is 10.5 Å². The van der Waals surface area contributed by atoms with Gasteiger partial charge in [-0.15, -0.1) is 11.8 Å². The van der Waals surface area contributed by atoms with E-state index in [2.05, 4.69) is 11.1 Å². The molecule has 0 radical (unpaired) electrons. The van der Waals surface area contributed by atoms with E-state index >= 15 is 0 Å². The second-order valence-electron chi connectivity index (χ2n) is 8.56. The summed E-state index contributed by atoms with van der Waals surface area (Å²) < 4.78 is 0. The Morgan fingerprint density at radius 1 is 1.09 bits per heavy atom. The molecular weight excluding hydrogens is 450 g/mol. The molecule has 4 amide bonds. The Labute approximate surface area is 199 Å². The summed E-state index contributed by atoms with van der Waals surface area (Å²) in [4.78, 5) is 49.8. The predicted octanol–water partition coefficient (Wildman–Crippen LogP) is 3.02. The molecule has 2 aromatic carbocycles. The zero-order valence-electron chi connectivity index (χ0n) is 18.0. The predicted molar refractivity (Wildman–Crippen MR) is 126 cm³/mol. The van der Waals surface area contributed by atoms with Gasteiger partial charge in [-0.3, -0.25) is 9.59 Å². The molecule has 0 saturated carbocycles. The second-order valence-corrected chi connectivity index (χ2v) is 9.61. The van der Waals surface area contributed by atoms with E-state index in [9.17, 15) is 19.6 Å². The van der Waals surface area contributed by atoms with Crippen molar-refractivity contribution < 1.29 is 14.4 Å². The number of anilines is 1. The van der Waals surface area contributed by atoms with Crippen LogP contribution in [0.5, 0.6) is 0 Å². The molecule has 34 heavy (non-hydrogen) atoms. The van der Waals surface area contributed by atoms with Crippen molar-refractivity contribution in [2.24, 2.45) is 0 Å². The van der Waals surface area contributed by atoms with Gasteiger partial charge in [-0.05, 0) is 18.6 Å². The van der Waals surface area contributed by atoms with Gasteiger partial charge in [0.25, 0.3) is 5.91 Å². The van der Waals surface area contributed by atoms with Crippen LogP contribution in [0.15, 0.2) is 65.7 Å². The smallest absolute Gasteiger partial charge is 0.332 e. The lowest BCUT2D eigenvalue weighted by Gasteiger charge is -2.34. The number of nitrogens with zero attached hydrogens (tertiary/aromatic N) is 5. The lowest BCUT2D eigenvalue weighted by Crippen LogP contribution is -2.55. The average Bonchev–Trinajstić information content (AvgIpc) is 3.54. The fourth-order valence-corrected chi connectivity index (χ4v) is 6.16. The van der Waals surface area contributed by atoms with E-state index in [0.29, 0.717) is 29.4 Å². The number of amides is 4. The number of nitriles is 1. The van der Waals surface area contributed by atoms with Crippen molar-refractivity contribution in [2.45, 2.75) is 29.4 Å². The number of piperazine rings is 1. The summed E-state index contributed by atoms with van der Waals surface area (Å²) in [5.41, 5.74) is 0.614. The minimum atomic E-state index is -0.689. The van der Waals surface area contributed by atoms with Crippen LogP contribution >= 0.6 is 11.8 Å². The lowest BCUT2D eigenvalue weighted by atomic mass is 10.1. The molecule has 6 rings (SSSR count). The van der Waals surface area contributed by atoms with E-state index in [0.717, 1.165) is 4.90 Å². The molecule has 3 aromatic rings. The fourth-order valence-electron chi connectivity index (χ4n) is 5.36. The van der Waals surface area contributed by atoms with E-state index in [4.69, 9.17) is 0 Å². The van der Waals surface area contributed by atoms with Crippen molar-refractivity contribution in [3.63, 3.8) is 0 Å². The van der Waals surface area contributed by atoms with Crippen LogP contribution < -0.4 is 4.90 Å². The molecule has 2 bridgehead atoms. The van der Waals surface area contributed by atoms with Gasteiger partial charge in [0.15, 0.2) is 0 Å². The summed E-state index contributed by atoms with van der Waals surface area (Å²) in [5.74, 6) is -0.0803. The van der Waals surface area contributed by atoms with Crippen molar-refractivity contribution in [2.75, 3.05) is 17.2 Å². The third kappa shape index (κ3) is 2.99. The Bertz CT molecular complexity index is 1390. The molecular formula is C25H19N5O3S. The largest absolute Gasteiger partial charge is 0.334 e. The van der Waals surface area contributed by atoms with Crippen LogP contribution in [0.25, 0.3) is 10.8 Å². The van der Waals surface area contributed by atoms with Crippen LogP contribution in [0.1, 0.15) is 12.1 Å². The molecule has 3 aliphatic rings. The van der Waals surface area contributed by atoms with Gasteiger partial charge in [-0.25, -0.2) is 14.7 Å². The molecule has 4 heterocycles. The highest BCUT2D eigenvalue weighted by molar-refractivity contribution is 8.00. The first-order valence-electron chi connectivity index (χ1n) is 11.0. The molecule has 0 aliphatic carbocycles. The highest BCUT2D eigenvalue weighted by Gasteiger charge is 2.63. The van der Waals surface area contributed by atoms with Crippen LogP contribution in [-0.4, -0.2) is 63.1 Å². The third-order valence-electron chi connectivity index (χ3n) is 6.81. The summed E-state index contributed by atoms with van der Waals surface area (Å²) in [6.45, 7) is 0.439. The Morgan fingerprint density at radius 2 is 1.82 bits per heavy atom. The molecule has 3 saturated heterocycles. The zero-order chi connectivity index (χ0) is 23.4. The van der Waals surface area contributed by atoms with E-state index in [-0.39, 0.29) is 41.4 Å². The zero-order valence-corrected chi connectivity index (χ0v) is 18.8. The maximum Gasteiger partial charge on any atom is 0.332 e. The summed E-state index contributed by atoms with van der Waals surface area (Å²) in [7, 11) is 0. The number of likely N-dealkylation sites (tertiary alicyclic amines) is 1. The summed E-state index contributed by atoms with van der Waals surface area (Å²) >= 11 is 1.47. The van der Waals surface area contributed by atoms with Gasteiger partial charge in [0.05, 0.1) is 29.7 Å². The maximum absolute atomic E-state index is 13.6. The van der Waals surface area contributed by atoms with Gasteiger partial charge in [-0.1, -0.05) is 42.5 Å². The number of aromatic nitrogens is 1. The van der Waals surface area contributed by atoms with Crippen LogP contribution in [0.3, 0.4) is 0 Å². The molecule has 8 nitrogen and oxygen atoms in total. The quantitative estimate of drug-likeness (QED) is 0.430. The number of urea groups is 1. The summed E-state index contributed by atoms with van der Waals surface area (Å²) in [6.07, 6.45) is 2.03. The Hall–Kier alpha value is -3.90. The molecule has 0 spiro atoms. The standard InChI is InChI=1S/C25H19N5O3S/c26-11-19-17-8-4-5-9-18(17)21(12-27-19)30-24(32)23-20-10-15(29(23)25(30)33)13-28(20)22(31)14-34-16-6-2-1-3-7-16/h1-9,12,15,20,23H,10,13-14H2. The van der Waals surface area contributed by atoms with Gasteiger partial charge in [0, 0.05) is 22.2 Å². The molecule has 1 aromatic heterocycles. The van der Waals surface area contributed by atoms with E-state index in [1.807, 2.05) is 30.3 Å². The normalized spacial score (nSPS) is 23.0. The first-order valence-corrected chi connectivity index (χ1v) is 12.0. The minimum absolute atomic E-state index is 0.0230. The molecule has 168 valence electrons. The SMILES string of the molecule is N#Cc1ncc(N2C(=O)C3C4CC(CN4C(=O)CSc4ccccc4)N3C2=O)c2ccccc12. The van der Waals surface area contributed by atoms with E-state index in [1.165, 1.54) is 22.9 Å². The number of fused-ring (bicyclic) bond motifs is 6. The first-order chi connectivity index (χ1) is 16.6. The molecule has 0 N–H and O–H groups in total. The van der Waals surface area contributed by atoms with Crippen molar-refractivity contribution in [1.29, 1.82) is 5.26 Å². The summed E-state index contributed by atoms with van der Waals surface area (Å²) in [5, 5.41) is 10.6. The minimum Gasteiger partial charge on any atom is -0.334 e. The number of benzene rings is 2. The number of pyridine rings is 1. The fraction of sp³-hybridized carbons (Fsp3) is 0.240. The monoisotopic (exact) mass is 469 g/mol. The lowest BCUT2D eigenvalue weighted by molar-refractivity contribution is -0.133. The third-order valence-corrected chi connectivity index (χ3v) is 7.81. The van der Waals surface area contributed by atoms with Crippen molar-refractivity contribution in [3.8, 4) is 6.07 Å². The summed E-state index contributed by atoms with van der Waals surface area (Å²) in [6, 6.07) is 17.3. The molecule has 9 heteroatoms. The molecule has 3 fully saturated rings. The number of hydrogen-bond acceptors (Lipinski definition) is 6. The van der Waals surface area contributed by atoms with Gasteiger partial charge < -0.3 is 9.80 Å². The van der Waals surface area contributed by atoms with Gasteiger partial charge >= 0.3 is 6.03 Å². The van der Waals surface area contributed by atoms with E-state index < -0.39 is 6.04 Å². The van der Waals surface area contributed by atoms with Crippen LogP contribution in [-0.2, 0) is 9.59 Å². The van der Waals surface area contributed by atoms with Gasteiger partial charge in [-0.2, -0.15) is 5.26 Å². The molecule has 3 unspecified atom stereocenters. The van der Waals surface area contributed by atoms with Gasteiger partial charge in [0.2, 0.25) is 5.91 Å². The highest BCUT2D eigenvalue weighted by Crippen LogP contribution is 2.43. The Balaban J connectivity index is 1.27. The van der Waals surface area contributed by atoms with Crippen LogP contribution in [0.2, 0.25) is 0 Å². The van der Waals surface area contributed by atoms with Gasteiger partial charge in [0.1, 0.15) is 17.8 Å². The second kappa shape index (κ2) is 7.85. The van der Waals surface area contributed by atoms with Crippen molar-refractivity contribution in [1.82, 2.24) is 14.8 Å². The maximum atomic E-state index is 13.6. The average molecular weight is 470 g/mol. The number of carbonyl (C=O) groups excluding carboxylic acids is 3. The van der Waals surface area contributed by atoms with Crippen LogP contribution in [0, 0.1) is 11.3 Å². The number of imide groups is 1. The number of rotatable bonds is 4. The number of thioether (sulfide) groups is 1. The van der Waals surface area contributed by atoms with Crippen molar-refractivity contribution >= 4 is 46.1 Å². The Morgan fingerprint density at radius 3 is 2.59 bits per heavy atom. The number of hydrogen-bond donors (Lipinski definition) is 0. The molecule has 3 atom stereocenters. The van der Waals surface area contributed by atoms with Crippen molar-refractivity contribution in [3.05, 3.63) is 66.5 Å².